The minimum absolute atomic E-state index is 0.0176. The monoisotopic (exact) mass is 280 g/mol. The van der Waals surface area contributed by atoms with E-state index in [0.29, 0.717) is 13.0 Å². The van der Waals surface area contributed by atoms with Crippen LogP contribution in [-0.2, 0) is 4.79 Å². The summed E-state index contributed by atoms with van der Waals surface area (Å²) in [5.74, 6) is -0.649. The Morgan fingerprint density at radius 1 is 1.37 bits per heavy atom. The average molecular weight is 280 g/mol. The van der Waals surface area contributed by atoms with Crippen LogP contribution < -0.4 is 5.73 Å². The number of halogens is 3. The van der Waals surface area contributed by atoms with E-state index in [2.05, 4.69) is 0 Å². The summed E-state index contributed by atoms with van der Waals surface area (Å²) in [4.78, 5) is 13.3. The first kappa shape index (κ1) is 16.3. The first-order valence-corrected chi connectivity index (χ1v) is 6.80. The van der Waals surface area contributed by atoms with Gasteiger partial charge in [-0.2, -0.15) is 13.2 Å². The van der Waals surface area contributed by atoms with Crippen LogP contribution in [-0.4, -0.2) is 36.6 Å². The lowest BCUT2D eigenvalue weighted by Crippen LogP contribution is -2.45. The highest BCUT2D eigenvalue weighted by atomic mass is 19.4. The van der Waals surface area contributed by atoms with E-state index in [1.807, 2.05) is 13.8 Å². The minimum Gasteiger partial charge on any atom is -0.333 e. The SMILES string of the molecule is CC(C)CN(CC(F)(F)F)C(=O)C1CCCC1CN. The molecule has 0 aromatic rings. The molecule has 112 valence electrons. The van der Waals surface area contributed by atoms with E-state index in [0.717, 1.165) is 17.7 Å². The van der Waals surface area contributed by atoms with Crippen LogP contribution in [0.1, 0.15) is 33.1 Å². The van der Waals surface area contributed by atoms with Crippen molar-refractivity contribution in [2.24, 2.45) is 23.5 Å². The maximum atomic E-state index is 12.6. The first-order valence-electron chi connectivity index (χ1n) is 6.80. The van der Waals surface area contributed by atoms with Crippen molar-refractivity contribution in [1.82, 2.24) is 4.90 Å². The Morgan fingerprint density at radius 2 is 2.00 bits per heavy atom. The molecule has 0 aromatic heterocycles. The molecule has 0 saturated heterocycles. The van der Waals surface area contributed by atoms with E-state index in [4.69, 9.17) is 5.73 Å². The molecule has 2 N–H and O–H groups in total. The van der Waals surface area contributed by atoms with Gasteiger partial charge in [-0.1, -0.05) is 20.3 Å². The van der Waals surface area contributed by atoms with Crippen molar-refractivity contribution in [3.63, 3.8) is 0 Å². The number of nitrogens with zero attached hydrogens (tertiary/aromatic N) is 1. The zero-order chi connectivity index (χ0) is 14.6. The summed E-state index contributed by atoms with van der Waals surface area (Å²) in [7, 11) is 0. The van der Waals surface area contributed by atoms with Crippen molar-refractivity contribution >= 4 is 5.91 Å². The lowest BCUT2D eigenvalue weighted by molar-refractivity contribution is -0.165. The van der Waals surface area contributed by atoms with E-state index >= 15 is 0 Å². The van der Waals surface area contributed by atoms with Gasteiger partial charge >= 0.3 is 6.18 Å². The molecule has 1 fully saturated rings. The van der Waals surface area contributed by atoms with Crippen LogP contribution >= 0.6 is 0 Å². The normalized spacial score (nSPS) is 23.9. The van der Waals surface area contributed by atoms with Crippen LogP contribution in [0.5, 0.6) is 0 Å². The molecule has 2 atom stereocenters. The molecule has 1 saturated carbocycles. The van der Waals surface area contributed by atoms with Gasteiger partial charge < -0.3 is 10.6 Å². The Kier molecular flexibility index (Phi) is 5.64. The lowest BCUT2D eigenvalue weighted by atomic mass is 9.94. The summed E-state index contributed by atoms with van der Waals surface area (Å²) in [5, 5.41) is 0. The largest absolute Gasteiger partial charge is 0.406 e. The van der Waals surface area contributed by atoms with Gasteiger partial charge in [0.05, 0.1) is 0 Å². The molecule has 2 unspecified atom stereocenters. The second kappa shape index (κ2) is 6.59. The highest BCUT2D eigenvalue weighted by Gasteiger charge is 2.39. The predicted octanol–water partition coefficient (Wildman–Crippen LogP) is 2.41. The van der Waals surface area contributed by atoms with Crippen LogP contribution in [0.15, 0.2) is 0 Å². The number of alkyl halides is 3. The Morgan fingerprint density at radius 3 is 2.47 bits per heavy atom. The smallest absolute Gasteiger partial charge is 0.333 e. The molecule has 6 heteroatoms. The highest BCUT2D eigenvalue weighted by molar-refractivity contribution is 5.79. The third kappa shape index (κ3) is 5.01. The molecule has 1 amide bonds. The maximum Gasteiger partial charge on any atom is 0.406 e. The highest BCUT2D eigenvalue weighted by Crippen LogP contribution is 2.33. The van der Waals surface area contributed by atoms with E-state index in [-0.39, 0.29) is 30.2 Å². The molecule has 0 aromatic carbocycles. The summed E-state index contributed by atoms with van der Waals surface area (Å²) < 4.78 is 37.7. The zero-order valence-electron chi connectivity index (χ0n) is 11.5. The van der Waals surface area contributed by atoms with E-state index in [1.165, 1.54) is 0 Å². The van der Waals surface area contributed by atoms with Gasteiger partial charge in [0.25, 0.3) is 0 Å². The van der Waals surface area contributed by atoms with Gasteiger partial charge in [0.2, 0.25) is 5.91 Å². The fourth-order valence-corrected chi connectivity index (χ4v) is 2.77. The van der Waals surface area contributed by atoms with Crippen LogP contribution in [0.3, 0.4) is 0 Å². The van der Waals surface area contributed by atoms with Crippen molar-refractivity contribution in [3.05, 3.63) is 0 Å². The number of nitrogens with two attached hydrogens (primary N) is 1. The molecule has 0 heterocycles. The fraction of sp³-hybridized carbons (Fsp3) is 0.923. The quantitative estimate of drug-likeness (QED) is 0.840. The third-order valence-electron chi connectivity index (χ3n) is 3.55. The fourth-order valence-electron chi connectivity index (χ4n) is 2.77. The molecular formula is C13H23F3N2O. The van der Waals surface area contributed by atoms with Crippen molar-refractivity contribution in [3.8, 4) is 0 Å². The standard InChI is InChI=1S/C13H23F3N2O/c1-9(2)7-18(8-13(14,15)16)12(19)11-5-3-4-10(11)6-17/h9-11H,3-8,17H2,1-2H3. The maximum absolute atomic E-state index is 12.6. The van der Waals surface area contributed by atoms with E-state index in [1.54, 1.807) is 0 Å². The molecule has 0 aliphatic heterocycles. The van der Waals surface area contributed by atoms with Crippen molar-refractivity contribution in [1.29, 1.82) is 0 Å². The van der Waals surface area contributed by atoms with E-state index in [9.17, 15) is 18.0 Å². The van der Waals surface area contributed by atoms with Gasteiger partial charge in [-0.3, -0.25) is 4.79 Å². The van der Waals surface area contributed by atoms with Gasteiger partial charge in [-0.25, -0.2) is 0 Å². The van der Waals surface area contributed by atoms with Gasteiger partial charge in [-0.05, 0) is 31.2 Å². The predicted molar refractivity (Wildman–Crippen MR) is 67.4 cm³/mol. The van der Waals surface area contributed by atoms with Crippen molar-refractivity contribution in [2.75, 3.05) is 19.6 Å². The Labute approximate surface area is 112 Å². The Hall–Kier alpha value is -0.780. The summed E-state index contributed by atoms with van der Waals surface area (Å²) >= 11 is 0. The third-order valence-corrected chi connectivity index (χ3v) is 3.55. The molecule has 1 aliphatic carbocycles. The average Bonchev–Trinajstić information content (AvgIpc) is 2.72. The molecular weight excluding hydrogens is 257 g/mol. The second-order valence-electron chi connectivity index (χ2n) is 5.76. The molecule has 3 nitrogen and oxygen atoms in total. The summed E-state index contributed by atoms with van der Waals surface area (Å²) in [6, 6.07) is 0. The number of carbonyl (C=O) groups is 1. The number of amides is 1. The van der Waals surface area contributed by atoms with Crippen molar-refractivity contribution in [2.45, 2.75) is 39.3 Å². The number of carbonyl (C=O) groups excluding carboxylic acids is 1. The van der Waals surface area contributed by atoms with Crippen LogP contribution in [0.4, 0.5) is 13.2 Å². The molecule has 19 heavy (non-hydrogen) atoms. The van der Waals surface area contributed by atoms with E-state index < -0.39 is 12.7 Å². The Bertz CT molecular complexity index is 305. The zero-order valence-corrected chi connectivity index (χ0v) is 11.5. The van der Waals surface area contributed by atoms with Gasteiger partial charge in [0.1, 0.15) is 6.54 Å². The molecule has 0 spiro atoms. The molecule has 1 rings (SSSR count). The topological polar surface area (TPSA) is 46.3 Å². The number of rotatable bonds is 5. The van der Waals surface area contributed by atoms with Gasteiger partial charge in [-0.15, -0.1) is 0 Å². The van der Waals surface area contributed by atoms with Gasteiger partial charge in [0, 0.05) is 12.5 Å². The number of hydrogen-bond donors (Lipinski definition) is 1. The second-order valence-corrected chi connectivity index (χ2v) is 5.76. The van der Waals surface area contributed by atoms with Crippen LogP contribution in [0, 0.1) is 17.8 Å². The van der Waals surface area contributed by atoms with Crippen LogP contribution in [0.2, 0.25) is 0 Å². The summed E-state index contributed by atoms with van der Waals surface area (Å²) in [5.41, 5.74) is 5.60. The Balaban J connectivity index is 2.75. The molecule has 1 aliphatic rings. The van der Waals surface area contributed by atoms with Crippen LogP contribution in [0.25, 0.3) is 0 Å². The summed E-state index contributed by atoms with van der Waals surface area (Å²) in [6.07, 6.45) is -1.97. The molecule has 0 bridgehead atoms. The first-order chi connectivity index (χ1) is 8.74. The number of hydrogen-bond acceptors (Lipinski definition) is 2. The lowest BCUT2D eigenvalue weighted by Gasteiger charge is -2.30. The van der Waals surface area contributed by atoms with Gasteiger partial charge in [0.15, 0.2) is 0 Å². The van der Waals surface area contributed by atoms with Crippen molar-refractivity contribution < 1.29 is 18.0 Å². The molecule has 0 radical (unpaired) electrons. The minimum atomic E-state index is -4.35. The summed E-state index contributed by atoms with van der Waals surface area (Å²) in [6.45, 7) is 2.99.